The highest BCUT2D eigenvalue weighted by Crippen LogP contribution is 1.88. The molecule has 0 aliphatic rings. The third-order valence-corrected chi connectivity index (χ3v) is 1.96. The Morgan fingerprint density at radius 2 is 2.47 bits per heavy atom. The first-order valence-electron chi connectivity index (χ1n) is 5.03. The number of nitrogens with zero attached hydrogens (tertiary/aromatic N) is 3. The summed E-state index contributed by atoms with van der Waals surface area (Å²) in [6.45, 7) is 3.11. The van der Waals surface area contributed by atoms with Crippen molar-refractivity contribution in [3.05, 3.63) is 12.7 Å². The molecule has 1 unspecified atom stereocenters. The number of rotatable bonds is 6. The molecule has 0 aromatic carbocycles. The molecule has 1 heterocycles. The highest BCUT2D eigenvalue weighted by molar-refractivity contribution is 5.75. The average Bonchev–Trinajstić information content (AvgIpc) is 2.66. The number of aryl methyl sites for hydroxylation is 1. The van der Waals surface area contributed by atoms with Gasteiger partial charge in [-0.15, -0.1) is 0 Å². The molecule has 0 radical (unpaired) electrons. The Labute approximate surface area is 88.9 Å². The van der Waals surface area contributed by atoms with Gasteiger partial charge in [-0.25, -0.2) is 4.98 Å². The van der Waals surface area contributed by atoms with Crippen LogP contribution < -0.4 is 11.1 Å². The molecule has 1 rings (SSSR count). The molecule has 0 saturated carbocycles. The smallest absolute Gasteiger partial charge is 0.221 e. The summed E-state index contributed by atoms with van der Waals surface area (Å²) in [5.41, 5.74) is 5.56. The van der Waals surface area contributed by atoms with Crippen LogP contribution in [0.3, 0.4) is 0 Å². The van der Waals surface area contributed by atoms with Crippen molar-refractivity contribution in [2.45, 2.75) is 32.4 Å². The van der Waals surface area contributed by atoms with E-state index in [1.54, 1.807) is 11.0 Å². The summed E-state index contributed by atoms with van der Waals surface area (Å²) >= 11 is 0. The van der Waals surface area contributed by atoms with Gasteiger partial charge in [0.2, 0.25) is 5.91 Å². The van der Waals surface area contributed by atoms with Crippen molar-refractivity contribution >= 4 is 5.91 Å². The van der Waals surface area contributed by atoms with Crippen LogP contribution in [-0.4, -0.2) is 33.3 Å². The number of hydrogen-bond donors (Lipinski definition) is 2. The van der Waals surface area contributed by atoms with Gasteiger partial charge in [-0.1, -0.05) is 0 Å². The predicted octanol–water partition coefficient (Wildman–Crippen LogP) is -0.478. The van der Waals surface area contributed by atoms with Gasteiger partial charge in [0.05, 0.1) is 6.54 Å². The van der Waals surface area contributed by atoms with Crippen LogP contribution in [0.15, 0.2) is 12.7 Å². The Hall–Kier alpha value is -1.43. The van der Waals surface area contributed by atoms with E-state index in [1.807, 2.05) is 6.92 Å². The van der Waals surface area contributed by atoms with Crippen LogP contribution in [0, 0.1) is 0 Å². The molecule has 1 atom stereocenters. The quantitative estimate of drug-likeness (QED) is 0.665. The van der Waals surface area contributed by atoms with Crippen molar-refractivity contribution in [3.63, 3.8) is 0 Å². The van der Waals surface area contributed by atoms with E-state index in [4.69, 9.17) is 5.73 Å². The summed E-state index contributed by atoms with van der Waals surface area (Å²) in [5.74, 6) is 0.0196. The molecule has 0 bridgehead atoms. The lowest BCUT2D eigenvalue weighted by Crippen LogP contribution is -2.29. The SMILES string of the molecule is CC(N)CCNC(=O)CCn1cncn1. The minimum Gasteiger partial charge on any atom is -0.356 e. The first-order chi connectivity index (χ1) is 7.18. The summed E-state index contributed by atoms with van der Waals surface area (Å²) in [6.07, 6.45) is 4.26. The second-order valence-corrected chi connectivity index (χ2v) is 3.52. The molecule has 0 aliphatic heterocycles. The summed E-state index contributed by atoms with van der Waals surface area (Å²) in [5, 5.41) is 6.70. The van der Waals surface area contributed by atoms with Gasteiger partial charge in [-0.05, 0) is 13.3 Å². The topological polar surface area (TPSA) is 85.8 Å². The Balaban J connectivity index is 2.09. The minimum absolute atomic E-state index is 0.0196. The number of nitrogens with one attached hydrogen (secondary N) is 1. The zero-order valence-corrected chi connectivity index (χ0v) is 8.89. The van der Waals surface area contributed by atoms with Crippen molar-refractivity contribution in [3.8, 4) is 0 Å². The van der Waals surface area contributed by atoms with E-state index in [0.29, 0.717) is 19.5 Å². The van der Waals surface area contributed by atoms with Crippen LogP contribution >= 0.6 is 0 Å². The number of amides is 1. The van der Waals surface area contributed by atoms with E-state index in [9.17, 15) is 4.79 Å². The number of hydrogen-bond acceptors (Lipinski definition) is 4. The molecule has 1 amide bonds. The lowest BCUT2D eigenvalue weighted by molar-refractivity contribution is -0.121. The van der Waals surface area contributed by atoms with Crippen LogP contribution in [0.25, 0.3) is 0 Å². The van der Waals surface area contributed by atoms with E-state index in [-0.39, 0.29) is 11.9 Å². The molecule has 6 nitrogen and oxygen atoms in total. The Morgan fingerprint density at radius 3 is 3.07 bits per heavy atom. The van der Waals surface area contributed by atoms with Crippen molar-refractivity contribution < 1.29 is 4.79 Å². The van der Waals surface area contributed by atoms with Crippen molar-refractivity contribution in [1.29, 1.82) is 0 Å². The molecule has 0 spiro atoms. The van der Waals surface area contributed by atoms with E-state index in [2.05, 4.69) is 15.4 Å². The Bertz CT molecular complexity index is 283. The van der Waals surface area contributed by atoms with E-state index in [0.717, 1.165) is 6.42 Å². The number of nitrogens with two attached hydrogens (primary N) is 1. The first kappa shape index (κ1) is 11.6. The fourth-order valence-corrected chi connectivity index (χ4v) is 1.09. The molecule has 0 saturated heterocycles. The normalized spacial score (nSPS) is 12.4. The summed E-state index contributed by atoms with van der Waals surface area (Å²) in [4.78, 5) is 15.1. The first-order valence-corrected chi connectivity index (χ1v) is 5.03. The zero-order chi connectivity index (χ0) is 11.1. The van der Waals surface area contributed by atoms with Gasteiger partial charge in [-0.2, -0.15) is 5.10 Å². The molecular formula is C9H17N5O. The maximum atomic E-state index is 11.3. The molecule has 0 fully saturated rings. The molecule has 15 heavy (non-hydrogen) atoms. The summed E-state index contributed by atoms with van der Waals surface area (Å²) < 4.78 is 1.63. The molecule has 1 aromatic heterocycles. The fraction of sp³-hybridized carbons (Fsp3) is 0.667. The number of carbonyl (C=O) groups is 1. The third-order valence-electron chi connectivity index (χ3n) is 1.96. The van der Waals surface area contributed by atoms with Gasteiger partial charge in [0, 0.05) is 19.0 Å². The van der Waals surface area contributed by atoms with Crippen LogP contribution in [0.4, 0.5) is 0 Å². The van der Waals surface area contributed by atoms with E-state index in [1.165, 1.54) is 6.33 Å². The lowest BCUT2D eigenvalue weighted by Gasteiger charge is -2.06. The minimum atomic E-state index is 0.0196. The number of carbonyl (C=O) groups excluding carboxylic acids is 1. The van der Waals surface area contributed by atoms with Gasteiger partial charge >= 0.3 is 0 Å². The highest BCUT2D eigenvalue weighted by Gasteiger charge is 2.02. The molecule has 3 N–H and O–H groups in total. The third kappa shape index (κ3) is 5.11. The predicted molar refractivity (Wildman–Crippen MR) is 55.9 cm³/mol. The molecule has 0 aliphatic carbocycles. The standard InChI is InChI=1S/C9H17N5O/c1-8(10)2-4-12-9(15)3-5-14-7-11-6-13-14/h6-8H,2-5,10H2,1H3,(H,12,15). The lowest BCUT2D eigenvalue weighted by atomic mass is 10.2. The van der Waals surface area contributed by atoms with Gasteiger partial charge in [0.25, 0.3) is 0 Å². The second kappa shape index (κ2) is 6.13. The largest absolute Gasteiger partial charge is 0.356 e. The molecule has 84 valence electrons. The average molecular weight is 211 g/mol. The van der Waals surface area contributed by atoms with Crippen molar-refractivity contribution in [1.82, 2.24) is 20.1 Å². The van der Waals surface area contributed by atoms with Crippen LogP contribution in [0.1, 0.15) is 19.8 Å². The maximum Gasteiger partial charge on any atom is 0.221 e. The van der Waals surface area contributed by atoms with Crippen LogP contribution in [0.5, 0.6) is 0 Å². The highest BCUT2D eigenvalue weighted by atomic mass is 16.1. The van der Waals surface area contributed by atoms with Gasteiger partial charge in [-0.3, -0.25) is 9.48 Å². The Kier molecular flexibility index (Phi) is 4.76. The second-order valence-electron chi connectivity index (χ2n) is 3.52. The van der Waals surface area contributed by atoms with Gasteiger partial charge in [0.15, 0.2) is 0 Å². The van der Waals surface area contributed by atoms with Crippen molar-refractivity contribution in [2.24, 2.45) is 5.73 Å². The molecule has 1 aromatic rings. The molecular weight excluding hydrogens is 194 g/mol. The zero-order valence-electron chi connectivity index (χ0n) is 8.89. The number of aromatic nitrogens is 3. The summed E-state index contributed by atoms with van der Waals surface area (Å²) in [6, 6.07) is 0.126. The van der Waals surface area contributed by atoms with E-state index < -0.39 is 0 Å². The fourth-order valence-electron chi connectivity index (χ4n) is 1.09. The van der Waals surface area contributed by atoms with Gasteiger partial charge in [0.1, 0.15) is 12.7 Å². The molecule has 6 heteroatoms. The summed E-state index contributed by atoms with van der Waals surface area (Å²) in [7, 11) is 0. The Morgan fingerprint density at radius 1 is 1.67 bits per heavy atom. The maximum absolute atomic E-state index is 11.3. The monoisotopic (exact) mass is 211 g/mol. The van der Waals surface area contributed by atoms with Gasteiger partial charge < -0.3 is 11.1 Å². The van der Waals surface area contributed by atoms with E-state index >= 15 is 0 Å². The van der Waals surface area contributed by atoms with Crippen LogP contribution in [0.2, 0.25) is 0 Å². The van der Waals surface area contributed by atoms with Crippen molar-refractivity contribution in [2.75, 3.05) is 6.54 Å². The van der Waals surface area contributed by atoms with Crippen LogP contribution in [-0.2, 0) is 11.3 Å².